The minimum atomic E-state index is -2.18. The Morgan fingerprint density at radius 2 is 2.04 bits per heavy atom. The number of carbonyl (C=O) groups excluding carboxylic acids is 1. The van der Waals surface area contributed by atoms with Gasteiger partial charge in [-0.15, -0.1) is 0 Å². The average Bonchev–Trinajstić information content (AvgIpc) is 2.60. The molecule has 0 radical (unpaired) electrons. The molecule has 6 nitrogen and oxygen atoms in total. The second-order valence-corrected chi connectivity index (χ2v) is 5.72. The molecule has 23 heavy (non-hydrogen) atoms. The van der Waals surface area contributed by atoms with Crippen molar-refractivity contribution in [3.05, 3.63) is 29.8 Å². The zero-order valence-electron chi connectivity index (χ0n) is 14.9. The molecule has 1 fully saturated rings. The minimum Gasteiger partial charge on any atom is -0.465 e. The zero-order chi connectivity index (χ0) is 18.4. The average molecular weight is 322 g/mol. The second kappa shape index (κ2) is 8.53. The normalized spacial score (nSPS) is 18.5. The van der Waals surface area contributed by atoms with E-state index in [2.05, 4.69) is 5.32 Å². The lowest BCUT2D eigenvalue weighted by molar-refractivity contribution is -0.120. The zero-order valence-corrected chi connectivity index (χ0v) is 12.9. The van der Waals surface area contributed by atoms with Crippen LogP contribution in [0.1, 0.15) is 52.9 Å². The van der Waals surface area contributed by atoms with Crippen LogP contribution in [0.5, 0.6) is 0 Å². The van der Waals surface area contributed by atoms with Crippen LogP contribution in [0, 0.1) is 5.92 Å². The van der Waals surface area contributed by atoms with Crippen LogP contribution >= 0.6 is 0 Å². The molecule has 0 bridgehead atoms. The fourth-order valence-electron chi connectivity index (χ4n) is 2.74. The molecular formula is C17H24N2O4. The third-order valence-electron chi connectivity index (χ3n) is 3.98. The molecule has 1 aromatic rings. The van der Waals surface area contributed by atoms with E-state index < -0.39 is 25.1 Å². The number of anilines is 1. The quantitative estimate of drug-likeness (QED) is 0.647. The highest BCUT2D eigenvalue weighted by Crippen LogP contribution is 2.26. The Balaban J connectivity index is 2.04. The van der Waals surface area contributed by atoms with Gasteiger partial charge in [0, 0.05) is 20.9 Å². The smallest absolute Gasteiger partial charge is 0.404 e. The molecular weight excluding hydrogens is 296 g/mol. The highest BCUT2D eigenvalue weighted by molar-refractivity contribution is 5.92. The van der Waals surface area contributed by atoms with Gasteiger partial charge in [-0.2, -0.15) is 0 Å². The third-order valence-corrected chi connectivity index (χ3v) is 3.98. The lowest BCUT2D eigenvalue weighted by atomic mass is 9.88. The standard InChI is InChI=1S/C17H24N2O4/c20-15(9-10-18-17(22)23)13-7-4-8-14(11-13)19-16(21)12-5-2-1-3-6-12/h4,7-8,11-12,15,18,20H,1-3,5-6,9-10H2,(H,19,21)(H,22,23)/i9D2. The van der Waals surface area contributed by atoms with Gasteiger partial charge in [0.1, 0.15) is 0 Å². The van der Waals surface area contributed by atoms with Crippen LogP contribution in [0.3, 0.4) is 0 Å². The molecule has 0 aliphatic heterocycles. The van der Waals surface area contributed by atoms with Crippen LogP contribution in [0.2, 0.25) is 0 Å². The van der Waals surface area contributed by atoms with E-state index in [1.165, 1.54) is 6.07 Å². The van der Waals surface area contributed by atoms with Gasteiger partial charge in [0.25, 0.3) is 0 Å². The molecule has 0 heterocycles. The largest absolute Gasteiger partial charge is 0.465 e. The Morgan fingerprint density at radius 1 is 1.30 bits per heavy atom. The van der Waals surface area contributed by atoms with Crippen LogP contribution in [0.4, 0.5) is 10.5 Å². The van der Waals surface area contributed by atoms with E-state index in [4.69, 9.17) is 7.85 Å². The van der Waals surface area contributed by atoms with Crippen molar-refractivity contribution in [2.45, 2.75) is 44.6 Å². The molecule has 1 atom stereocenters. The van der Waals surface area contributed by atoms with Crippen molar-refractivity contribution in [1.82, 2.24) is 5.32 Å². The molecule has 4 N–H and O–H groups in total. The molecule has 2 amide bonds. The molecule has 1 aromatic carbocycles. The van der Waals surface area contributed by atoms with E-state index in [1.807, 2.05) is 5.32 Å². The maximum atomic E-state index is 12.3. The van der Waals surface area contributed by atoms with Crippen LogP contribution in [-0.2, 0) is 4.79 Å². The van der Waals surface area contributed by atoms with Gasteiger partial charge in [0.15, 0.2) is 0 Å². The van der Waals surface area contributed by atoms with Crippen LogP contribution < -0.4 is 10.6 Å². The summed E-state index contributed by atoms with van der Waals surface area (Å²) in [6.07, 6.45) is -0.0541. The molecule has 1 aliphatic rings. The molecule has 0 saturated heterocycles. The van der Waals surface area contributed by atoms with Crippen molar-refractivity contribution in [3.8, 4) is 0 Å². The van der Waals surface area contributed by atoms with E-state index >= 15 is 0 Å². The second-order valence-electron chi connectivity index (χ2n) is 5.72. The van der Waals surface area contributed by atoms with Crippen molar-refractivity contribution in [1.29, 1.82) is 0 Å². The van der Waals surface area contributed by atoms with Crippen molar-refractivity contribution in [3.63, 3.8) is 0 Å². The van der Waals surface area contributed by atoms with Gasteiger partial charge < -0.3 is 20.8 Å². The molecule has 6 heteroatoms. The predicted molar refractivity (Wildman–Crippen MR) is 87.3 cm³/mol. The highest BCUT2D eigenvalue weighted by Gasteiger charge is 2.21. The maximum absolute atomic E-state index is 12.3. The number of carbonyl (C=O) groups is 2. The number of rotatable bonds is 6. The Labute approximate surface area is 138 Å². The van der Waals surface area contributed by atoms with Gasteiger partial charge in [-0.1, -0.05) is 31.4 Å². The number of benzene rings is 1. The fourth-order valence-corrected chi connectivity index (χ4v) is 2.74. The van der Waals surface area contributed by atoms with Crippen LogP contribution in [0.15, 0.2) is 24.3 Å². The van der Waals surface area contributed by atoms with E-state index in [1.54, 1.807) is 18.2 Å². The number of carboxylic acid groups (broad SMARTS) is 1. The lowest BCUT2D eigenvalue weighted by Crippen LogP contribution is -2.25. The summed E-state index contributed by atoms with van der Waals surface area (Å²) < 4.78 is 15.7. The van der Waals surface area contributed by atoms with Crippen molar-refractivity contribution in [2.24, 2.45) is 5.92 Å². The van der Waals surface area contributed by atoms with Gasteiger partial charge >= 0.3 is 6.09 Å². The third kappa shape index (κ3) is 5.56. The summed E-state index contributed by atoms with van der Waals surface area (Å²) in [6, 6.07) is 6.36. The van der Waals surface area contributed by atoms with Crippen LogP contribution in [0.25, 0.3) is 0 Å². The Morgan fingerprint density at radius 3 is 2.74 bits per heavy atom. The number of aliphatic hydroxyl groups excluding tert-OH is 1. The number of hydrogen-bond donors (Lipinski definition) is 4. The first-order valence-electron chi connectivity index (χ1n) is 8.85. The Hall–Kier alpha value is -2.08. The summed E-state index contributed by atoms with van der Waals surface area (Å²) >= 11 is 0. The monoisotopic (exact) mass is 322 g/mol. The van der Waals surface area contributed by atoms with Gasteiger partial charge in [-0.05, 0) is 36.9 Å². The van der Waals surface area contributed by atoms with E-state index in [9.17, 15) is 14.7 Å². The first-order valence-corrected chi connectivity index (χ1v) is 7.85. The molecule has 126 valence electrons. The number of nitrogens with one attached hydrogen (secondary N) is 2. The number of aliphatic hydroxyl groups is 1. The van der Waals surface area contributed by atoms with E-state index in [0.717, 1.165) is 32.1 Å². The van der Waals surface area contributed by atoms with Crippen LogP contribution in [-0.4, -0.2) is 28.8 Å². The Bertz CT molecular complexity index is 618. The molecule has 1 saturated carbocycles. The molecule has 1 unspecified atom stereocenters. The SMILES string of the molecule is [2H]C([2H])(CNC(=O)O)C(O)c1cccc(NC(=O)C2CCCCC2)c1. The fraction of sp³-hybridized carbons (Fsp3) is 0.529. The van der Waals surface area contributed by atoms with Crippen molar-refractivity contribution in [2.75, 3.05) is 11.9 Å². The number of hydrogen-bond acceptors (Lipinski definition) is 3. The predicted octanol–water partition coefficient (Wildman–Crippen LogP) is 2.90. The Kier molecular flexibility index (Phi) is 5.38. The van der Waals surface area contributed by atoms with Crippen molar-refractivity contribution >= 4 is 17.7 Å². The maximum Gasteiger partial charge on any atom is 0.404 e. The van der Waals surface area contributed by atoms with Gasteiger partial charge in [-0.25, -0.2) is 4.79 Å². The van der Waals surface area contributed by atoms with Gasteiger partial charge in [-0.3, -0.25) is 4.79 Å². The summed E-state index contributed by atoms with van der Waals surface area (Å²) in [7, 11) is 0. The molecule has 2 rings (SSSR count). The molecule has 1 aliphatic carbocycles. The van der Waals surface area contributed by atoms with Gasteiger partial charge in [0.2, 0.25) is 5.91 Å². The van der Waals surface area contributed by atoms with E-state index in [0.29, 0.717) is 5.69 Å². The van der Waals surface area contributed by atoms with Crippen molar-refractivity contribution < 1.29 is 22.5 Å². The molecule has 0 aromatic heterocycles. The summed E-state index contributed by atoms with van der Waals surface area (Å²) in [5.74, 6) is -0.0598. The minimum absolute atomic E-state index is 0.00598. The van der Waals surface area contributed by atoms with E-state index in [-0.39, 0.29) is 17.4 Å². The number of amides is 2. The van der Waals surface area contributed by atoms with Gasteiger partial charge in [0.05, 0.1) is 6.10 Å². The summed E-state index contributed by atoms with van der Waals surface area (Å²) in [5.41, 5.74) is 0.771. The summed E-state index contributed by atoms with van der Waals surface area (Å²) in [5, 5.41) is 23.6. The first-order chi connectivity index (χ1) is 11.8. The first kappa shape index (κ1) is 14.5. The molecule has 0 spiro atoms. The highest BCUT2D eigenvalue weighted by atomic mass is 16.4. The summed E-state index contributed by atoms with van der Waals surface area (Å²) in [4.78, 5) is 22.8. The lowest BCUT2D eigenvalue weighted by Gasteiger charge is -2.21. The topological polar surface area (TPSA) is 98.7 Å². The summed E-state index contributed by atoms with van der Waals surface area (Å²) in [6.45, 7) is -0.540.